The Balaban J connectivity index is 1.85. The number of nitrogens with one attached hydrogen (secondary N) is 1. The molecule has 3 aromatic carbocycles. The van der Waals surface area contributed by atoms with Crippen molar-refractivity contribution in [3.63, 3.8) is 0 Å². The molecule has 0 atom stereocenters. The smallest absolute Gasteiger partial charge is 0.155 e. The fraction of sp³-hybridized carbons (Fsp3) is 0.143. The van der Waals surface area contributed by atoms with Crippen molar-refractivity contribution in [2.24, 2.45) is 0 Å². The molecule has 0 aromatic heterocycles. The fourth-order valence-corrected chi connectivity index (χ4v) is 5.05. The molecule has 0 unspecified atom stereocenters. The summed E-state index contributed by atoms with van der Waals surface area (Å²) in [5.74, 6) is 0.0407. The molecule has 0 fully saturated rings. The Labute approximate surface area is 206 Å². The van der Waals surface area contributed by atoms with E-state index in [0.717, 1.165) is 0 Å². The van der Waals surface area contributed by atoms with Crippen molar-refractivity contribution in [1.82, 2.24) is 4.98 Å². The maximum absolute atomic E-state index is 10.6. The summed E-state index contributed by atoms with van der Waals surface area (Å²) in [7, 11) is 0. The van der Waals surface area contributed by atoms with E-state index in [1.807, 2.05) is 6.92 Å². The summed E-state index contributed by atoms with van der Waals surface area (Å²) >= 11 is 0. The first-order chi connectivity index (χ1) is 17.0. The molecule has 3 aromatic rings. The number of nitrogen functional groups attached to an aromatic ring is 1. The maximum atomic E-state index is 10.6. The molecule has 1 heterocycles. The maximum Gasteiger partial charge on any atom is 0.155 e. The Morgan fingerprint density at radius 3 is 1.83 bits per heavy atom. The number of fused-ring (bicyclic) bond motifs is 2. The van der Waals surface area contributed by atoms with Gasteiger partial charge in [-0.15, -0.1) is 0 Å². The lowest BCUT2D eigenvalue weighted by atomic mass is 9.91. The van der Waals surface area contributed by atoms with E-state index in [2.05, 4.69) is 0 Å². The molecule has 0 amide bonds. The molecule has 1 aliphatic heterocycles. The van der Waals surface area contributed by atoms with Crippen LogP contribution in [-0.4, -0.2) is 25.4 Å². The second-order valence-electron chi connectivity index (χ2n) is 9.11. The number of aromatic hydroxyl groups is 4. The van der Waals surface area contributed by atoms with Crippen molar-refractivity contribution < 1.29 is 24.8 Å². The van der Waals surface area contributed by atoms with Crippen molar-refractivity contribution in [2.75, 3.05) is 5.73 Å². The normalized spacial score (nSPS) is 11.4. The molecule has 0 spiro atoms. The predicted molar refractivity (Wildman–Crippen MR) is 137 cm³/mol. The molecule has 7 N–H and O–H groups in total. The largest absolute Gasteiger partial charge is 0.508 e. The summed E-state index contributed by atoms with van der Waals surface area (Å²) in [6.45, 7) is 7.16. The van der Waals surface area contributed by atoms with E-state index in [-0.39, 0.29) is 28.4 Å². The molecular formula is C28H25N3O5. The van der Waals surface area contributed by atoms with Gasteiger partial charge in [0.15, 0.2) is 11.3 Å². The minimum Gasteiger partial charge on any atom is -0.508 e. The van der Waals surface area contributed by atoms with Crippen LogP contribution in [0.4, 0.5) is 5.69 Å². The lowest BCUT2D eigenvalue weighted by Gasteiger charge is -2.19. The minimum absolute atomic E-state index is 0.0491. The van der Waals surface area contributed by atoms with Crippen LogP contribution < -0.4 is 11.1 Å². The lowest BCUT2D eigenvalue weighted by molar-refractivity contribution is 0.450. The monoisotopic (exact) mass is 483 g/mol. The van der Waals surface area contributed by atoms with Gasteiger partial charge in [0, 0.05) is 52.2 Å². The number of benzene rings is 4. The van der Waals surface area contributed by atoms with Gasteiger partial charge in [-0.3, -0.25) is 0 Å². The van der Waals surface area contributed by atoms with Gasteiger partial charge in [-0.05, 0) is 62.1 Å². The molecule has 0 saturated heterocycles. The van der Waals surface area contributed by atoms with E-state index in [4.69, 9.17) is 20.5 Å². The number of aromatic nitrogens is 1. The third kappa shape index (κ3) is 3.38. The summed E-state index contributed by atoms with van der Waals surface area (Å²) in [5.41, 5.74) is 12.8. The molecule has 1 aliphatic carbocycles. The number of anilines is 1. The van der Waals surface area contributed by atoms with Crippen LogP contribution in [0.25, 0.3) is 44.8 Å². The number of aryl methyl sites for hydroxylation is 3. The zero-order chi connectivity index (χ0) is 26.0. The number of hydrogen-bond acceptors (Lipinski definition) is 8. The van der Waals surface area contributed by atoms with Crippen LogP contribution >= 0.6 is 0 Å². The highest BCUT2D eigenvalue weighted by Gasteiger charge is 2.24. The van der Waals surface area contributed by atoms with Crippen molar-refractivity contribution in [3.8, 4) is 56.7 Å². The molecular weight excluding hydrogens is 458 g/mol. The van der Waals surface area contributed by atoms with Gasteiger partial charge in [-0.2, -0.15) is 0 Å². The molecule has 0 radical (unpaired) electrons. The zero-order valence-corrected chi connectivity index (χ0v) is 20.2. The van der Waals surface area contributed by atoms with Crippen LogP contribution in [0, 0.1) is 33.1 Å². The summed E-state index contributed by atoms with van der Waals surface area (Å²) in [5, 5.41) is 49.7. The van der Waals surface area contributed by atoms with Gasteiger partial charge in [0.05, 0.1) is 5.36 Å². The Hall–Kier alpha value is -4.72. The van der Waals surface area contributed by atoms with Crippen molar-refractivity contribution in [3.05, 3.63) is 64.0 Å². The number of nitrogens with two attached hydrogens (primary N) is 1. The van der Waals surface area contributed by atoms with Gasteiger partial charge in [-0.25, -0.2) is 4.98 Å². The zero-order valence-electron chi connectivity index (χ0n) is 20.2. The van der Waals surface area contributed by atoms with Crippen molar-refractivity contribution >= 4 is 16.8 Å². The number of phenolic OH excluding ortho intramolecular Hbond substituents is 4. The standard InChI is InChI=1S/C28H25N3O5/c1-11-5-15(32)7-19(34)23(11)25-13(3)27-21(9-17(25)29)36-22-10-18(30)26(14(4)28(22)31-27)24-12(2)6-16(33)8-20(24)35/h5-10,29,32-35H,30H2,1-4H3. The van der Waals surface area contributed by atoms with Crippen LogP contribution in [-0.2, 0) is 0 Å². The Morgan fingerprint density at radius 2 is 1.28 bits per heavy atom. The van der Waals surface area contributed by atoms with E-state index in [1.54, 1.807) is 39.0 Å². The molecule has 0 bridgehead atoms. The molecule has 182 valence electrons. The van der Waals surface area contributed by atoms with E-state index in [9.17, 15) is 20.4 Å². The summed E-state index contributed by atoms with van der Waals surface area (Å²) in [6, 6.07) is 8.78. The average molecular weight is 484 g/mol. The highest BCUT2D eigenvalue weighted by Crippen LogP contribution is 2.44. The molecule has 8 nitrogen and oxygen atoms in total. The number of hydrogen-bond donors (Lipinski definition) is 6. The minimum atomic E-state index is -0.134. The predicted octanol–water partition coefficient (Wildman–Crippen LogP) is 5.38. The Morgan fingerprint density at radius 1 is 0.722 bits per heavy atom. The van der Waals surface area contributed by atoms with E-state index >= 15 is 0 Å². The van der Waals surface area contributed by atoms with E-state index < -0.39 is 0 Å². The summed E-state index contributed by atoms with van der Waals surface area (Å²) < 4.78 is 6.14. The Kier molecular flexibility index (Phi) is 5.06. The first-order valence-electron chi connectivity index (χ1n) is 11.3. The molecule has 36 heavy (non-hydrogen) atoms. The van der Waals surface area contributed by atoms with Gasteiger partial charge >= 0.3 is 0 Å². The molecule has 0 saturated carbocycles. The second kappa shape index (κ2) is 7.91. The van der Waals surface area contributed by atoms with Gasteiger partial charge in [0.1, 0.15) is 34.2 Å². The quantitative estimate of drug-likeness (QED) is 0.145. The van der Waals surface area contributed by atoms with Crippen molar-refractivity contribution in [2.45, 2.75) is 27.7 Å². The molecule has 2 aliphatic rings. The average Bonchev–Trinajstić information content (AvgIpc) is 2.76. The van der Waals surface area contributed by atoms with E-state index in [1.165, 1.54) is 18.2 Å². The number of rotatable bonds is 2. The van der Waals surface area contributed by atoms with Crippen molar-refractivity contribution in [1.29, 1.82) is 5.41 Å². The van der Waals surface area contributed by atoms with E-state index in [0.29, 0.717) is 72.7 Å². The van der Waals surface area contributed by atoms with Crippen LogP contribution in [0.3, 0.4) is 0 Å². The molecule has 8 heteroatoms. The number of phenols is 4. The fourth-order valence-electron chi connectivity index (χ4n) is 5.05. The highest BCUT2D eigenvalue weighted by atomic mass is 16.3. The SMILES string of the molecule is Cc1cc(O)cc(O)c1-c1c(N)cc2oc3cc(=N)c(-c4c(C)cc(O)cc4O)c(C)c-3nc2c1C. The third-order valence-corrected chi connectivity index (χ3v) is 6.59. The highest BCUT2D eigenvalue weighted by molar-refractivity contribution is 5.96. The Bertz CT molecular complexity index is 1710. The topological polar surface area (TPSA) is 157 Å². The van der Waals surface area contributed by atoms with Crippen LogP contribution in [0.2, 0.25) is 0 Å². The first-order valence-corrected chi connectivity index (χ1v) is 11.3. The second-order valence-corrected chi connectivity index (χ2v) is 9.11. The lowest BCUT2D eigenvalue weighted by Crippen LogP contribution is -2.11. The van der Waals surface area contributed by atoms with Gasteiger partial charge in [0.2, 0.25) is 0 Å². The van der Waals surface area contributed by atoms with Gasteiger partial charge in [-0.1, -0.05) is 0 Å². The van der Waals surface area contributed by atoms with Crippen LogP contribution in [0.5, 0.6) is 23.0 Å². The molecule has 5 rings (SSSR count). The van der Waals surface area contributed by atoms with Crippen LogP contribution in [0.15, 0.2) is 40.8 Å². The summed E-state index contributed by atoms with van der Waals surface area (Å²) in [6.07, 6.45) is 0. The first kappa shape index (κ1) is 23.0. The van der Waals surface area contributed by atoms with Crippen LogP contribution in [0.1, 0.15) is 22.3 Å². The number of nitrogens with zero attached hydrogens (tertiary/aromatic N) is 1. The van der Waals surface area contributed by atoms with Gasteiger partial charge in [0.25, 0.3) is 0 Å². The van der Waals surface area contributed by atoms with Gasteiger partial charge < -0.3 is 36.0 Å². The summed E-state index contributed by atoms with van der Waals surface area (Å²) in [4.78, 5) is 4.89. The third-order valence-electron chi connectivity index (χ3n) is 6.59.